The number of ether oxygens (including phenoxy) is 3. The fourth-order valence-electron chi connectivity index (χ4n) is 6.80. The maximum atomic E-state index is 12.8. The van der Waals surface area contributed by atoms with Crippen LogP contribution in [0.25, 0.3) is 0 Å². The van der Waals surface area contributed by atoms with Crippen molar-refractivity contribution in [2.24, 2.45) is 22.7 Å². The average molecular weight is 480 g/mol. The van der Waals surface area contributed by atoms with Gasteiger partial charge in [0.05, 0.1) is 13.0 Å². The van der Waals surface area contributed by atoms with Crippen LogP contribution in [0, 0.1) is 22.7 Å². The van der Waals surface area contributed by atoms with E-state index in [0.717, 1.165) is 25.0 Å². The van der Waals surface area contributed by atoms with Crippen LogP contribution in [0.1, 0.15) is 46.0 Å². The lowest BCUT2D eigenvalue weighted by Crippen LogP contribution is -2.59. The molecular weight excluding hydrogens is 446 g/mol. The van der Waals surface area contributed by atoms with Gasteiger partial charge in [-0.1, -0.05) is 32.0 Å². The number of rotatable bonds is 5. The van der Waals surface area contributed by atoms with Gasteiger partial charge >= 0.3 is 12.1 Å². The highest BCUT2D eigenvalue weighted by Crippen LogP contribution is 2.62. The molecule has 7 nitrogen and oxygen atoms in total. The summed E-state index contributed by atoms with van der Waals surface area (Å²) >= 11 is 0. The summed E-state index contributed by atoms with van der Waals surface area (Å²) in [6, 6.07) is 16.6. The zero-order chi connectivity index (χ0) is 24.6. The Labute approximate surface area is 205 Å². The number of anilines is 1. The number of nitrogens with one attached hydrogen (secondary N) is 1. The van der Waals surface area contributed by atoms with Crippen LogP contribution in [0.5, 0.6) is 11.5 Å². The molecule has 186 valence electrons. The fraction of sp³-hybridized carbons (Fsp3) is 0.500. The summed E-state index contributed by atoms with van der Waals surface area (Å²) in [4.78, 5) is 24.8. The molecule has 35 heavy (non-hydrogen) atoms. The Morgan fingerprint density at radius 1 is 1.06 bits per heavy atom. The molecule has 2 aliphatic carbocycles. The molecule has 1 aliphatic heterocycles. The quantitative estimate of drug-likeness (QED) is 0.547. The van der Waals surface area contributed by atoms with Crippen molar-refractivity contribution in [3.8, 4) is 11.5 Å². The molecule has 1 saturated heterocycles. The van der Waals surface area contributed by atoms with Crippen molar-refractivity contribution in [1.29, 1.82) is 0 Å². The Balaban J connectivity index is 1.24. The molecule has 0 spiro atoms. The number of aliphatic hydroxyl groups is 1. The largest absolute Gasteiger partial charge is 0.462 e. The monoisotopic (exact) mass is 479 g/mol. The van der Waals surface area contributed by atoms with Crippen molar-refractivity contribution in [2.45, 2.75) is 58.2 Å². The molecule has 2 saturated carbocycles. The number of benzene rings is 2. The molecule has 3 fully saturated rings. The van der Waals surface area contributed by atoms with Gasteiger partial charge in [0.2, 0.25) is 0 Å². The van der Waals surface area contributed by atoms with Gasteiger partial charge in [0.15, 0.2) is 0 Å². The van der Waals surface area contributed by atoms with Crippen LogP contribution < -0.4 is 10.1 Å². The maximum absolute atomic E-state index is 12.8. The number of carbonyl (C=O) groups excluding carboxylic acids is 2. The van der Waals surface area contributed by atoms with E-state index in [2.05, 4.69) is 12.2 Å². The second-order valence-corrected chi connectivity index (χ2v) is 10.6. The molecule has 2 aromatic rings. The minimum Gasteiger partial charge on any atom is -0.462 e. The van der Waals surface area contributed by atoms with Gasteiger partial charge in [-0.3, -0.25) is 10.1 Å². The first-order valence-electron chi connectivity index (χ1n) is 12.4. The van der Waals surface area contributed by atoms with E-state index in [1.54, 1.807) is 24.3 Å². The van der Waals surface area contributed by atoms with Gasteiger partial charge in [0.1, 0.15) is 23.7 Å². The lowest BCUT2D eigenvalue weighted by Gasteiger charge is -2.59. The van der Waals surface area contributed by atoms with Gasteiger partial charge in [-0.25, -0.2) is 4.79 Å². The van der Waals surface area contributed by atoms with E-state index in [1.165, 1.54) is 0 Å². The minimum absolute atomic E-state index is 0.0266. The molecule has 0 radical (unpaired) electrons. The standard InChI is InChI=1S/C28H33NO6/c1-27-15-14-24(28(2,17-30)23(27)13-12-22-21(27)16-25(31)34-22)35-26(32)29-18-8-10-20(11-9-18)33-19-6-4-3-5-7-19/h3-11,21-24,30H,12-17H2,1-2H3,(H,29,32)/t21-,22-,23?,24-,27+,28+/m1/s1. The van der Waals surface area contributed by atoms with Crippen LogP contribution in [0.3, 0.4) is 0 Å². The van der Waals surface area contributed by atoms with E-state index in [1.807, 2.05) is 37.3 Å². The minimum atomic E-state index is -0.589. The van der Waals surface area contributed by atoms with Crippen LogP contribution in [0.4, 0.5) is 10.5 Å². The third-order valence-corrected chi connectivity index (χ3v) is 8.65. The normalized spacial score (nSPS) is 33.7. The summed E-state index contributed by atoms with van der Waals surface area (Å²) < 4.78 is 17.3. The number of carbonyl (C=O) groups is 2. The molecule has 0 bridgehead atoms. The maximum Gasteiger partial charge on any atom is 0.411 e. The number of esters is 1. The zero-order valence-electron chi connectivity index (χ0n) is 20.2. The van der Waals surface area contributed by atoms with E-state index in [0.29, 0.717) is 24.3 Å². The first-order chi connectivity index (χ1) is 16.8. The molecule has 1 amide bonds. The molecule has 0 aromatic heterocycles. The van der Waals surface area contributed by atoms with Crippen LogP contribution in [-0.4, -0.2) is 36.0 Å². The van der Waals surface area contributed by atoms with Crippen molar-refractivity contribution in [3.63, 3.8) is 0 Å². The molecule has 2 N–H and O–H groups in total. The predicted molar refractivity (Wildman–Crippen MR) is 130 cm³/mol. The van der Waals surface area contributed by atoms with E-state index < -0.39 is 17.6 Å². The highest BCUT2D eigenvalue weighted by molar-refractivity contribution is 5.84. The summed E-state index contributed by atoms with van der Waals surface area (Å²) in [7, 11) is 0. The fourth-order valence-corrected chi connectivity index (χ4v) is 6.80. The molecule has 5 rings (SSSR count). The zero-order valence-corrected chi connectivity index (χ0v) is 20.2. The Hall–Kier alpha value is -3.06. The van der Waals surface area contributed by atoms with E-state index in [-0.39, 0.29) is 35.9 Å². The Kier molecular flexibility index (Phi) is 6.21. The third kappa shape index (κ3) is 4.38. The van der Waals surface area contributed by atoms with Crippen molar-refractivity contribution in [1.82, 2.24) is 0 Å². The van der Waals surface area contributed by atoms with Gasteiger partial charge in [0.25, 0.3) is 0 Å². The molecular formula is C28H33NO6. The average Bonchev–Trinajstić information content (AvgIpc) is 3.25. The van der Waals surface area contributed by atoms with Gasteiger partial charge < -0.3 is 19.3 Å². The number of hydrogen-bond donors (Lipinski definition) is 2. The van der Waals surface area contributed by atoms with Crippen molar-refractivity contribution in [3.05, 3.63) is 54.6 Å². The van der Waals surface area contributed by atoms with Gasteiger partial charge in [0, 0.05) is 17.0 Å². The van der Waals surface area contributed by atoms with Gasteiger partial charge in [-0.15, -0.1) is 0 Å². The Morgan fingerprint density at radius 2 is 1.77 bits per heavy atom. The molecule has 6 atom stereocenters. The van der Waals surface area contributed by atoms with E-state index in [4.69, 9.17) is 14.2 Å². The molecule has 3 aliphatic rings. The van der Waals surface area contributed by atoms with Crippen LogP contribution in [0.15, 0.2) is 54.6 Å². The highest BCUT2D eigenvalue weighted by atomic mass is 16.6. The summed E-state index contributed by atoms with van der Waals surface area (Å²) in [5.41, 5.74) is -0.116. The van der Waals surface area contributed by atoms with Gasteiger partial charge in [-0.2, -0.15) is 0 Å². The van der Waals surface area contributed by atoms with Crippen molar-refractivity contribution >= 4 is 17.7 Å². The first-order valence-corrected chi connectivity index (χ1v) is 12.4. The number of fused-ring (bicyclic) bond motifs is 3. The molecule has 1 unspecified atom stereocenters. The van der Waals surface area contributed by atoms with Crippen LogP contribution in [0.2, 0.25) is 0 Å². The first kappa shape index (κ1) is 23.7. The van der Waals surface area contributed by atoms with Crippen LogP contribution in [-0.2, 0) is 14.3 Å². The summed E-state index contributed by atoms with van der Waals surface area (Å²) in [6.45, 7) is 4.16. The second kappa shape index (κ2) is 9.19. The summed E-state index contributed by atoms with van der Waals surface area (Å²) in [5, 5.41) is 13.3. The van der Waals surface area contributed by atoms with Crippen molar-refractivity contribution < 1.29 is 28.9 Å². The number of para-hydroxylation sites is 1. The second-order valence-electron chi connectivity index (χ2n) is 10.6. The SMILES string of the molecule is C[C@]1(CO)C2CC[C@H]3OC(=O)C[C@H]3[C@]2(C)CC[C@H]1OC(=O)Nc1ccc(Oc2ccccc2)cc1. The van der Waals surface area contributed by atoms with Crippen LogP contribution >= 0.6 is 0 Å². The summed E-state index contributed by atoms with van der Waals surface area (Å²) in [5.74, 6) is 1.58. The Bertz CT molecular complexity index is 1070. The van der Waals surface area contributed by atoms with E-state index >= 15 is 0 Å². The Morgan fingerprint density at radius 3 is 2.49 bits per heavy atom. The third-order valence-electron chi connectivity index (χ3n) is 8.65. The predicted octanol–water partition coefficient (Wildman–Crippen LogP) is 5.54. The molecule has 7 heteroatoms. The van der Waals surface area contributed by atoms with Gasteiger partial charge in [-0.05, 0) is 73.4 Å². The number of hydrogen-bond acceptors (Lipinski definition) is 6. The van der Waals surface area contributed by atoms with E-state index in [9.17, 15) is 14.7 Å². The summed E-state index contributed by atoms with van der Waals surface area (Å²) in [6.07, 6.45) is 2.56. The lowest BCUT2D eigenvalue weighted by molar-refractivity contribution is -0.174. The van der Waals surface area contributed by atoms with Crippen molar-refractivity contribution in [2.75, 3.05) is 11.9 Å². The smallest absolute Gasteiger partial charge is 0.411 e. The topological polar surface area (TPSA) is 94.1 Å². The number of aliphatic hydroxyl groups excluding tert-OH is 1. The molecule has 2 aromatic carbocycles. The number of amides is 1. The molecule has 1 heterocycles. The lowest BCUT2D eigenvalue weighted by atomic mass is 9.46. The highest BCUT2D eigenvalue weighted by Gasteiger charge is 2.62.